The van der Waals surface area contributed by atoms with Gasteiger partial charge in [-0.2, -0.15) is 0 Å². The van der Waals surface area contributed by atoms with E-state index in [0.29, 0.717) is 12.4 Å². The first-order valence-corrected chi connectivity index (χ1v) is 5.93. The third kappa shape index (κ3) is 3.06. The van der Waals surface area contributed by atoms with Crippen LogP contribution in [0.15, 0.2) is 23.0 Å². The van der Waals surface area contributed by atoms with Crippen molar-refractivity contribution in [3.63, 3.8) is 0 Å². The van der Waals surface area contributed by atoms with E-state index in [-0.39, 0.29) is 5.41 Å². The molecule has 0 aliphatic carbocycles. The van der Waals surface area contributed by atoms with E-state index in [0.717, 1.165) is 17.3 Å². The molecule has 0 saturated carbocycles. The quantitative estimate of drug-likeness (QED) is 0.902. The van der Waals surface area contributed by atoms with E-state index in [2.05, 4.69) is 41.0 Å². The Morgan fingerprint density at radius 3 is 2.61 bits per heavy atom. The van der Waals surface area contributed by atoms with Gasteiger partial charge in [-0.1, -0.05) is 20.8 Å². The summed E-state index contributed by atoms with van der Waals surface area (Å²) in [5.74, 6) is 2.33. The van der Waals surface area contributed by atoms with E-state index >= 15 is 0 Å². The Kier molecular flexibility index (Phi) is 3.32. The highest BCUT2D eigenvalue weighted by atomic mass is 16.4. The molecular weight excluding hydrogens is 228 g/mol. The van der Waals surface area contributed by atoms with Gasteiger partial charge < -0.3 is 9.73 Å². The third-order valence-electron chi connectivity index (χ3n) is 2.52. The molecule has 0 aromatic carbocycles. The van der Waals surface area contributed by atoms with Crippen LogP contribution in [0.2, 0.25) is 0 Å². The molecule has 0 spiro atoms. The molecule has 18 heavy (non-hydrogen) atoms. The Hall–Kier alpha value is -1.91. The molecule has 5 heteroatoms. The lowest BCUT2D eigenvalue weighted by atomic mass is 9.94. The maximum atomic E-state index is 5.68. The molecule has 0 fully saturated rings. The lowest BCUT2D eigenvalue weighted by Crippen LogP contribution is -2.09. The van der Waals surface area contributed by atoms with Crippen molar-refractivity contribution in [1.29, 1.82) is 0 Å². The molecule has 0 aliphatic rings. The molecule has 0 saturated heterocycles. The zero-order chi connectivity index (χ0) is 13.2. The zero-order valence-electron chi connectivity index (χ0n) is 11.2. The van der Waals surface area contributed by atoms with Crippen LogP contribution in [0.25, 0.3) is 0 Å². The number of hydrogen-bond acceptors (Lipinski definition) is 5. The summed E-state index contributed by atoms with van der Waals surface area (Å²) < 4.78 is 5.68. The van der Waals surface area contributed by atoms with Crippen LogP contribution in [-0.2, 0) is 12.0 Å². The van der Waals surface area contributed by atoms with E-state index in [9.17, 15) is 0 Å². The lowest BCUT2D eigenvalue weighted by molar-refractivity contribution is 0.385. The highest BCUT2D eigenvalue weighted by Crippen LogP contribution is 2.22. The van der Waals surface area contributed by atoms with Crippen molar-refractivity contribution in [3.8, 4) is 0 Å². The van der Waals surface area contributed by atoms with Crippen molar-refractivity contribution < 1.29 is 4.42 Å². The third-order valence-corrected chi connectivity index (χ3v) is 2.52. The van der Waals surface area contributed by atoms with Crippen LogP contribution < -0.4 is 5.32 Å². The van der Waals surface area contributed by atoms with Crippen molar-refractivity contribution in [2.45, 2.75) is 39.7 Å². The Balaban J connectivity index is 2.01. The smallest absolute Gasteiger partial charge is 0.213 e. The Morgan fingerprint density at radius 1 is 1.22 bits per heavy atom. The largest absolute Gasteiger partial charge is 0.443 e. The summed E-state index contributed by atoms with van der Waals surface area (Å²) in [6.07, 6.45) is 3.32. The van der Waals surface area contributed by atoms with Gasteiger partial charge in [-0.25, -0.2) is 15.0 Å². The van der Waals surface area contributed by atoms with Crippen LogP contribution >= 0.6 is 0 Å². The van der Waals surface area contributed by atoms with Gasteiger partial charge >= 0.3 is 0 Å². The van der Waals surface area contributed by atoms with Crippen molar-refractivity contribution in [3.05, 3.63) is 35.9 Å². The minimum absolute atomic E-state index is 0.0171. The lowest BCUT2D eigenvalue weighted by Gasteiger charge is -2.13. The fraction of sp³-hybridized carbons (Fsp3) is 0.462. The van der Waals surface area contributed by atoms with E-state index in [1.165, 1.54) is 6.33 Å². The summed E-state index contributed by atoms with van der Waals surface area (Å²) in [4.78, 5) is 12.4. The SMILES string of the molecule is Cc1cc(NCc2ncc(C(C)(C)C)o2)ncn1. The van der Waals surface area contributed by atoms with Gasteiger partial charge in [0.25, 0.3) is 0 Å². The van der Waals surface area contributed by atoms with Crippen LogP contribution in [-0.4, -0.2) is 15.0 Å². The summed E-state index contributed by atoms with van der Waals surface area (Å²) in [5.41, 5.74) is 0.909. The van der Waals surface area contributed by atoms with Gasteiger partial charge in [-0.3, -0.25) is 0 Å². The van der Waals surface area contributed by atoms with E-state index in [1.807, 2.05) is 13.0 Å². The number of rotatable bonds is 3. The van der Waals surface area contributed by atoms with Crippen LogP contribution in [0, 0.1) is 6.92 Å². The number of nitrogens with zero attached hydrogens (tertiary/aromatic N) is 3. The van der Waals surface area contributed by atoms with Crippen molar-refractivity contribution in [2.75, 3.05) is 5.32 Å². The highest BCUT2D eigenvalue weighted by Gasteiger charge is 2.18. The normalized spacial score (nSPS) is 11.6. The molecule has 2 heterocycles. The molecule has 96 valence electrons. The first-order valence-electron chi connectivity index (χ1n) is 5.93. The molecule has 0 unspecified atom stereocenters. The monoisotopic (exact) mass is 246 g/mol. The molecule has 1 N–H and O–H groups in total. The minimum atomic E-state index is -0.0171. The second-order valence-corrected chi connectivity index (χ2v) is 5.27. The number of aryl methyl sites for hydroxylation is 1. The maximum Gasteiger partial charge on any atom is 0.213 e. The first kappa shape index (κ1) is 12.5. The number of hydrogen-bond donors (Lipinski definition) is 1. The average molecular weight is 246 g/mol. The summed E-state index contributed by atoms with van der Waals surface area (Å²) in [5, 5.41) is 3.16. The Labute approximate surface area is 107 Å². The fourth-order valence-electron chi connectivity index (χ4n) is 1.46. The van der Waals surface area contributed by atoms with Gasteiger partial charge in [0, 0.05) is 17.2 Å². The number of anilines is 1. The molecule has 2 aromatic heterocycles. The Morgan fingerprint density at radius 2 is 2.00 bits per heavy atom. The second kappa shape index (κ2) is 4.76. The van der Waals surface area contributed by atoms with Crippen LogP contribution in [0.4, 0.5) is 5.82 Å². The molecule has 2 rings (SSSR count). The minimum Gasteiger partial charge on any atom is -0.443 e. The van der Waals surface area contributed by atoms with Gasteiger partial charge in [0.1, 0.15) is 17.9 Å². The van der Waals surface area contributed by atoms with E-state index in [4.69, 9.17) is 4.42 Å². The second-order valence-electron chi connectivity index (χ2n) is 5.27. The molecule has 2 aromatic rings. The predicted octanol–water partition coefficient (Wildman–Crippen LogP) is 2.68. The zero-order valence-corrected chi connectivity index (χ0v) is 11.2. The van der Waals surface area contributed by atoms with Gasteiger partial charge in [0.2, 0.25) is 5.89 Å². The molecule has 0 atom stereocenters. The molecule has 0 bridgehead atoms. The van der Waals surface area contributed by atoms with Crippen molar-refractivity contribution in [1.82, 2.24) is 15.0 Å². The average Bonchev–Trinajstić information content (AvgIpc) is 2.74. The summed E-state index contributed by atoms with van der Waals surface area (Å²) in [7, 11) is 0. The van der Waals surface area contributed by atoms with Crippen LogP contribution in [0.1, 0.15) is 38.1 Å². The van der Waals surface area contributed by atoms with Gasteiger partial charge in [0.05, 0.1) is 12.7 Å². The van der Waals surface area contributed by atoms with Crippen LogP contribution in [0.5, 0.6) is 0 Å². The number of nitrogens with one attached hydrogen (secondary N) is 1. The van der Waals surface area contributed by atoms with Gasteiger partial charge in [0.15, 0.2) is 0 Å². The summed E-state index contributed by atoms with van der Waals surface area (Å²) >= 11 is 0. The number of aromatic nitrogens is 3. The molecule has 0 radical (unpaired) electrons. The first-order chi connectivity index (χ1) is 8.45. The van der Waals surface area contributed by atoms with E-state index < -0.39 is 0 Å². The Bertz CT molecular complexity index is 528. The predicted molar refractivity (Wildman–Crippen MR) is 69.3 cm³/mol. The summed E-state index contributed by atoms with van der Waals surface area (Å²) in [6.45, 7) is 8.73. The fourth-order valence-corrected chi connectivity index (χ4v) is 1.46. The molecular formula is C13H18N4O. The molecule has 0 aliphatic heterocycles. The van der Waals surface area contributed by atoms with Crippen LogP contribution in [0.3, 0.4) is 0 Å². The standard InChI is InChI=1S/C13H18N4O/c1-9-5-11(17-8-16-9)14-7-12-15-6-10(18-12)13(2,3)4/h5-6,8H,7H2,1-4H3,(H,14,16,17). The van der Waals surface area contributed by atoms with Crippen molar-refractivity contribution in [2.24, 2.45) is 0 Å². The topological polar surface area (TPSA) is 63.8 Å². The maximum absolute atomic E-state index is 5.68. The summed E-state index contributed by atoms with van der Waals surface area (Å²) in [6, 6.07) is 1.88. The van der Waals surface area contributed by atoms with E-state index in [1.54, 1.807) is 6.20 Å². The van der Waals surface area contributed by atoms with Gasteiger partial charge in [-0.15, -0.1) is 0 Å². The van der Waals surface area contributed by atoms with Gasteiger partial charge in [-0.05, 0) is 6.92 Å². The highest BCUT2D eigenvalue weighted by molar-refractivity contribution is 5.34. The number of oxazole rings is 1. The molecule has 5 nitrogen and oxygen atoms in total. The molecule has 0 amide bonds. The van der Waals surface area contributed by atoms with Crippen molar-refractivity contribution >= 4 is 5.82 Å².